The van der Waals surface area contributed by atoms with Crippen LogP contribution in [0.25, 0.3) is 5.69 Å². The molecule has 1 heterocycles. The van der Waals surface area contributed by atoms with Crippen molar-refractivity contribution < 1.29 is 14.5 Å². The minimum atomic E-state index is -0.513. The lowest BCUT2D eigenvalue weighted by Gasteiger charge is -2.11. The average molecular weight is 474 g/mol. The molecule has 0 radical (unpaired) electrons. The van der Waals surface area contributed by atoms with E-state index in [0.29, 0.717) is 34.5 Å². The van der Waals surface area contributed by atoms with Gasteiger partial charge in [0.05, 0.1) is 16.4 Å². The predicted octanol–water partition coefficient (Wildman–Crippen LogP) is 3.79. The van der Waals surface area contributed by atoms with Gasteiger partial charge in [-0.25, -0.2) is 0 Å². The summed E-state index contributed by atoms with van der Waals surface area (Å²) < 4.78 is 1.81. The van der Waals surface area contributed by atoms with E-state index in [1.165, 1.54) is 43.0 Å². The molecular weight excluding hydrogens is 454 g/mol. The number of nitrogens with zero attached hydrogens (tertiary/aromatic N) is 4. The third-order valence-corrected chi connectivity index (χ3v) is 5.91. The van der Waals surface area contributed by atoms with Gasteiger partial charge in [-0.1, -0.05) is 29.4 Å². The summed E-state index contributed by atoms with van der Waals surface area (Å²) in [4.78, 5) is 34.1. The Hall–Kier alpha value is -3.24. The molecule has 0 aliphatic rings. The number of carbonyl (C=O) groups excluding carboxylic acids is 2. The number of ketones is 1. The summed E-state index contributed by atoms with van der Waals surface area (Å²) in [6, 6.07) is 11.0. The molecule has 1 amide bonds. The minimum Gasteiger partial charge on any atom is -0.356 e. The summed E-state index contributed by atoms with van der Waals surface area (Å²) in [7, 11) is 0. The van der Waals surface area contributed by atoms with Crippen LogP contribution in [0.1, 0.15) is 28.7 Å². The fraction of sp³-hybridized carbons (Fsp3) is 0.238. The first kappa shape index (κ1) is 23.4. The minimum absolute atomic E-state index is 0.0707. The summed E-state index contributed by atoms with van der Waals surface area (Å²) in [5, 5.41) is 23.1. The van der Waals surface area contributed by atoms with E-state index in [0.717, 1.165) is 11.3 Å². The van der Waals surface area contributed by atoms with Crippen molar-refractivity contribution in [2.45, 2.75) is 25.4 Å². The third-order valence-electron chi connectivity index (χ3n) is 4.57. The Morgan fingerprint density at radius 3 is 2.53 bits per heavy atom. The molecule has 2 aromatic carbocycles. The maximum Gasteiger partial charge on any atom is 0.269 e. The molecule has 3 rings (SSSR count). The number of nitro benzene ring substituents is 1. The van der Waals surface area contributed by atoms with Crippen LogP contribution in [-0.4, -0.2) is 43.7 Å². The lowest BCUT2D eigenvalue weighted by Crippen LogP contribution is -2.23. The van der Waals surface area contributed by atoms with E-state index < -0.39 is 4.92 Å². The second-order valence-electron chi connectivity index (χ2n) is 6.92. The number of amides is 1. The molecule has 0 fully saturated rings. The van der Waals surface area contributed by atoms with Gasteiger partial charge < -0.3 is 5.32 Å². The smallest absolute Gasteiger partial charge is 0.269 e. The van der Waals surface area contributed by atoms with Gasteiger partial charge in [0.1, 0.15) is 5.82 Å². The Labute approximate surface area is 193 Å². The molecule has 1 N–H and O–H groups in total. The number of Topliss-reactive ketones (excluding diaryl/α,β-unsaturated/α-hetero) is 1. The summed E-state index contributed by atoms with van der Waals surface area (Å²) in [5.41, 5.74) is 1.96. The molecule has 9 nitrogen and oxygen atoms in total. The van der Waals surface area contributed by atoms with Crippen LogP contribution in [-0.2, 0) is 11.2 Å². The fourth-order valence-electron chi connectivity index (χ4n) is 2.87. The van der Waals surface area contributed by atoms with Gasteiger partial charge in [0.2, 0.25) is 5.91 Å². The monoisotopic (exact) mass is 473 g/mol. The fourth-order valence-corrected chi connectivity index (χ4v) is 3.91. The lowest BCUT2D eigenvalue weighted by molar-refractivity contribution is -0.384. The molecule has 1 aromatic heterocycles. The third kappa shape index (κ3) is 5.71. The molecule has 0 saturated heterocycles. The van der Waals surface area contributed by atoms with Crippen LogP contribution >= 0.6 is 23.4 Å². The predicted molar refractivity (Wildman–Crippen MR) is 122 cm³/mol. The molecule has 0 unspecified atom stereocenters. The summed E-state index contributed by atoms with van der Waals surface area (Å²) in [5.74, 6) is 0.351. The number of nitrogens with one attached hydrogen (secondary N) is 1. The van der Waals surface area contributed by atoms with Gasteiger partial charge in [0, 0.05) is 42.6 Å². The van der Waals surface area contributed by atoms with Crippen LogP contribution in [0, 0.1) is 17.0 Å². The van der Waals surface area contributed by atoms with Crippen molar-refractivity contribution in [3.63, 3.8) is 0 Å². The number of aryl methyl sites for hydroxylation is 1. The zero-order chi connectivity index (χ0) is 23.3. The van der Waals surface area contributed by atoms with E-state index in [9.17, 15) is 19.7 Å². The number of nitro groups is 1. The largest absolute Gasteiger partial charge is 0.356 e. The summed E-state index contributed by atoms with van der Waals surface area (Å²) in [6.07, 6.45) is 0.439. The highest BCUT2D eigenvalue weighted by Gasteiger charge is 2.18. The Balaban J connectivity index is 1.82. The Morgan fingerprint density at radius 2 is 1.91 bits per heavy atom. The molecule has 166 valence electrons. The van der Waals surface area contributed by atoms with Crippen molar-refractivity contribution in [1.29, 1.82) is 0 Å². The van der Waals surface area contributed by atoms with Gasteiger partial charge in [0.25, 0.3) is 5.69 Å². The molecule has 0 aliphatic carbocycles. The first-order chi connectivity index (χ1) is 15.3. The number of carbonyl (C=O) groups is 2. The van der Waals surface area contributed by atoms with E-state index in [1.54, 1.807) is 10.6 Å². The second kappa shape index (κ2) is 10.4. The number of hydrogen-bond donors (Lipinski definition) is 1. The van der Waals surface area contributed by atoms with Crippen molar-refractivity contribution in [2.75, 3.05) is 12.3 Å². The standard InChI is InChI=1S/C21H20ClN5O4S/c1-13-3-6-17(11-18(13)22)26-20(9-10-23-14(2)28)24-25-21(26)32-12-19(29)15-4-7-16(8-5-15)27(30)31/h3-8,11H,9-10,12H2,1-2H3,(H,23,28). The highest BCUT2D eigenvalue weighted by molar-refractivity contribution is 7.99. The highest BCUT2D eigenvalue weighted by Crippen LogP contribution is 2.26. The van der Waals surface area contributed by atoms with Gasteiger partial charge in [-0.2, -0.15) is 0 Å². The summed E-state index contributed by atoms with van der Waals surface area (Å²) in [6.45, 7) is 3.73. The maximum atomic E-state index is 12.6. The molecule has 0 aliphatic heterocycles. The SMILES string of the molecule is CC(=O)NCCc1nnc(SCC(=O)c2ccc([N+](=O)[O-])cc2)n1-c1ccc(C)c(Cl)c1. The van der Waals surface area contributed by atoms with Crippen molar-refractivity contribution in [1.82, 2.24) is 20.1 Å². The zero-order valence-corrected chi connectivity index (χ0v) is 18.9. The number of halogens is 1. The van der Waals surface area contributed by atoms with Crippen LogP contribution in [0.2, 0.25) is 5.02 Å². The molecule has 3 aromatic rings. The quantitative estimate of drug-likeness (QED) is 0.217. The van der Waals surface area contributed by atoms with E-state index in [4.69, 9.17) is 11.6 Å². The van der Waals surface area contributed by atoms with Crippen LogP contribution < -0.4 is 5.32 Å². The molecule has 11 heteroatoms. The molecular formula is C21H20ClN5O4S. The van der Waals surface area contributed by atoms with Crippen molar-refractivity contribution in [2.24, 2.45) is 0 Å². The van der Waals surface area contributed by atoms with Crippen LogP contribution in [0.3, 0.4) is 0 Å². The topological polar surface area (TPSA) is 120 Å². The molecule has 0 spiro atoms. The Kier molecular flexibility index (Phi) is 7.60. The van der Waals surface area contributed by atoms with Crippen LogP contribution in [0.15, 0.2) is 47.6 Å². The van der Waals surface area contributed by atoms with Gasteiger partial charge in [0.15, 0.2) is 10.9 Å². The number of hydrogen-bond acceptors (Lipinski definition) is 7. The van der Waals surface area contributed by atoms with Gasteiger partial charge in [-0.3, -0.25) is 24.3 Å². The maximum absolute atomic E-state index is 12.6. The lowest BCUT2D eigenvalue weighted by atomic mass is 10.1. The normalized spacial score (nSPS) is 10.7. The first-order valence-corrected chi connectivity index (χ1v) is 11.0. The van der Waals surface area contributed by atoms with Gasteiger partial charge in [-0.05, 0) is 36.8 Å². The number of benzene rings is 2. The Morgan fingerprint density at radius 1 is 1.19 bits per heavy atom. The van der Waals surface area contributed by atoms with Crippen LogP contribution in [0.4, 0.5) is 5.69 Å². The first-order valence-electron chi connectivity index (χ1n) is 9.62. The molecule has 32 heavy (non-hydrogen) atoms. The van der Waals surface area contributed by atoms with Crippen LogP contribution in [0.5, 0.6) is 0 Å². The highest BCUT2D eigenvalue weighted by atomic mass is 35.5. The van der Waals surface area contributed by atoms with E-state index in [-0.39, 0.29) is 23.1 Å². The van der Waals surface area contributed by atoms with Gasteiger partial charge in [-0.15, -0.1) is 10.2 Å². The summed E-state index contributed by atoms with van der Waals surface area (Å²) >= 11 is 7.51. The van der Waals surface area contributed by atoms with Crippen molar-refractivity contribution in [3.05, 3.63) is 74.6 Å². The van der Waals surface area contributed by atoms with E-state index >= 15 is 0 Å². The number of aromatic nitrogens is 3. The van der Waals surface area contributed by atoms with Crippen molar-refractivity contribution >= 4 is 40.7 Å². The van der Waals surface area contributed by atoms with E-state index in [1.807, 2.05) is 19.1 Å². The molecule has 0 atom stereocenters. The average Bonchev–Trinajstić information content (AvgIpc) is 3.16. The molecule has 0 saturated carbocycles. The number of thioether (sulfide) groups is 1. The Bertz CT molecular complexity index is 1160. The zero-order valence-electron chi connectivity index (χ0n) is 17.4. The number of rotatable bonds is 9. The van der Waals surface area contributed by atoms with E-state index in [2.05, 4.69) is 15.5 Å². The second-order valence-corrected chi connectivity index (χ2v) is 8.27. The number of non-ortho nitro benzene ring substituents is 1. The molecule has 0 bridgehead atoms. The van der Waals surface area contributed by atoms with Crippen molar-refractivity contribution in [3.8, 4) is 5.69 Å². The van der Waals surface area contributed by atoms with Gasteiger partial charge >= 0.3 is 0 Å².